The maximum absolute atomic E-state index is 5.99. The smallest absolute Gasteiger partial charge is 0.193 e. The third-order valence-corrected chi connectivity index (χ3v) is 4.84. The summed E-state index contributed by atoms with van der Waals surface area (Å²) in [6, 6.07) is 0. The Hall–Kier alpha value is -1.56. The zero-order valence-corrected chi connectivity index (χ0v) is 16.9. The second-order valence-corrected chi connectivity index (χ2v) is 7.31. The van der Waals surface area contributed by atoms with Crippen LogP contribution in [0.1, 0.15) is 63.9 Å². The third kappa shape index (κ3) is 7.77. The zero-order valence-electron chi connectivity index (χ0n) is 16.9. The fourth-order valence-corrected chi connectivity index (χ4v) is 3.43. The molecule has 0 atom stereocenters. The maximum atomic E-state index is 5.99. The van der Waals surface area contributed by atoms with E-state index in [0.29, 0.717) is 6.10 Å². The minimum Gasteiger partial charge on any atom is -0.378 e. The molecule has 0 saturated heterocycles. The van der Waals surface area contributed by atoms with Crippen LogP contribution in [0.2, 0.25) is 0 Å². The van der Waals surface area contributed by atoms with E-state index in [1.807, 2.05) is 24.1 Å². The van der Waals surface area contributed by atoms with Crippen molar-refractivity contribution in [3.63, 3.8) is 0 Å². The van der Waals surface area contributed by atoms with Crippen LogP contribution < -0.4 is 5.32 Å². The number of nitrogens with one attached hydrogen (secondary N) is 1. The molecular formula is C20H37N5O. The van der Waals surface area contributed by atoms with Crippen molar-refractivity contribution in [1.29, 1.82) is 0 Å². The molecule has 1 aromatic heterocycles. The number of aryl methyl sites for hydroxylation is 1. The number of unbranched alkanes of at least 4 members (excludes halogenated alkanes) is 2. The summed E-state index contributed by atoms with van der Waals surface area (Å²) in [6.07, 6.45) is 14.5. The normalized spacial score (nSPS) is 16.0. The van der Waals surface area contributed by atoms with Crippen LogP contribution in [-0.4, -0.2) is 53.5 Å². The van der Waals surface area contributed by atoms with Gasteiger partial charge in [-0.25, -0.2) is 0 Å². The van der Waals surface area contributed by atoms with E-state index in [-0.39, 0.29) is 0 Å². The molecule has 148 valence electrons. The third-order valence-electron chi connectivity index (χ3n) is 4.84. The van der Waals surface area contributed by atoms with Crippen LogP contribution >= 0.6 is 0 Å². The molecule has 1 N–H and O–H groups in total. The van der Waals surface area contributed by atoms with E-state index >= 15 is 0 Å². The Kier molecular flexibility index (Phi) is 9.53. The summed E-state index contributed by atoms with van der Waals surface area (Å²) in [6.45, 7) is 5.58. The largest absolute Gasteiger partial charge is 0.378 e. The number of rotatable bonds is 10. The predicted molar refractivity (Wildman–Crippen MR) is 107 cm³/mol. The fourth-order valence-electron chi connectivity index (χ4n) is 3.43. The number of hydrogen-bond acceptors (Lipinski definition) is 3. The van der Waals surface area contributed by atoms with E-state index in [9.17, 15) is 0 Å². The second-order valence-electron chi connectivity index (χ2n) is 7.31. The summed E-state index contributed by atoms with van der Waals surface area (Å²) < 4.78 is 7.83. The summed E-state index contributed by atoms with van der Waals surface area (Å²) >= 11 is 0. The molecule has 0 unspecified atom stereocenters. The van der Waals surface area contributed by atoms with Crippen molar-refractivity contribution in [3.8, 4) is 0 Å². The Bertz CT molecular complexity index is 522. The number of aromatic nitrogens is 2. The Morgan fingerprint density at radius 3 is 2.81 bits per heavy atom. The number of hydrogen-bond donors (Lipinski definition) is 1. The van der Waals surface area contributed by atoms with Gasteiger partial charge in [0.15, 0.2) is 5.96 Å². The summed E-state index contributed by atoms with van der Waals surface area (Å²) in [5.41, 5.74) is 1.19. The van der Waals surface area contributed by atoms with E-state index in [1.165, 1.54) is 44.1 Å². The lowest BCUT2D eigenvalue weighted by molar-refractivity contribution is 0.0264. The zero-order chi connectivity index (χ0) is 18.6. The molecule has 0 amide bonds. The molecule has 1 aliphatic carbocycles. The van der Waals surface area contributed by atoms with E-state index < -0.39 is 0 Å². The number of guanidine groups is 1. The number of aliphatic imine (C=N–C) groups is 1. The maximum Gasteiger partial charge on any atom is 0.193 e. The monoisotopic (exact) mass is 363 g/mol. The van der Waals surface area contributed by atoms with Gasteiger partial charge in [-0.1, -0.05) is 19.3 Å². The van der Waals surface area contributed by atoms with Crippen molar-refractivity contribution in [1.82, 2.24) is 20.0 Å². The minimum absolute atomic E-state index is 0.531. The lowest BCUT2D eigenvalue weighted by Crippen LogP contribution is -2.38. The molecule has 6 nitrogen and oxygen atoms in total. The van der Waals surface area contributed by atoms with Crippen LogP contribution in [0.4, 0.5) is 0 Å². The van der Waals surface area contributed by atoms with Gasteiger partial charge in [-0.3, -0.25) is 9.67 Å². The SMILES string of the molecule is CCNC(=NCCCCCOC1CCCCC1)N(C)Cc1cnn(C)c1. The topological polar surface area (TPSA) is 54.7 Å². The molecule has 1 saturated carbocycles. The Morgan fingerprint density at radius 2 is 2.12 bits per heavy atom. The molecule has 2 rings (SSSR count). The van der Waals surface area contributed by atoms with Gasteiger partial charge in [0.25, 0.3) is 0 Å². The number of ether oxygens (including phenoxy) is 1. The molecule has 6 heteroatoms. The van der Waals surface area contributed by atoms with Gasteiger partial charge in [0.05, 0.1) is 12.3 Å². The van der Waals surface area contributed by atoms with Crippen LogP contribution in [0.5, 0.6) is 0 Å². The van der Waals surface area contributed by atoms with Crippen molar-refractivity contribution in [3.05, 3.63) is 18.0 Å². The average molecular weight is 364 g/mol. The molecule has 0 bridgehead atoms. The minimum atomic E-state index is 0.531. The first kappa shape index (κ1) is 20.7. The quantitative estimate of drug-likeness (QED) is 0.393. The van der Waals surface area contributed by atoms with Crippen LogP contribution in [0.25, 0.3) is 0 Å². The van der Waals surface area contributed by atoms with Crippen molar-refractivity contribution in [2.24, 2.45) is 12.0 Å². The number of nitrogens with zero attached hydrogens (tertiary/aromatic N) is 4. The molecule has 1 fully saturated rings. The Labute approximate surface area is 159 Å². The molecular weight excluding hydrogens is 326 g/mol. The highest BCUT2D eigenvalue weighted by molar-refractivity contribution is 5.79. The Balaban J connectivity index is 1.62. The van der Waals surface area contributed by atoms with Gasteiger partial charge in [0.1, 0.15) is 0 Å². The summed E-state index contributed by atoms with van der Waals surface area (Å²) in [4.78, 5) is 6.93. The van der Waals surface area contributed by atoms with E-state index in [1.54, 1.807) is 0 Å². The van der Waals surface area contributed by atoms with Gasteiger partial charge in [0, 0.05) is 52.1 Å². The van der Waals surface area contributed by atoms with E-state index in [0.717, 1.165) is 45.0 Å². The summed E-state index contributed by atoms with van der Waals surface area (Å²) in [7, 11) is 4.02. The van der Waals surface area contributed by atoms with Crippen molar-refractivity contribution < 1.29 is 4.74 Å². The summed E-state index contributed by atoms with van der Waals surface area (Å²) in [5, 5.41) is 7.61. The van der Waals surface area contributed by atoms with Crippen molar-refractivity contribution in [2.45, 2.75) is 70.9 Å². The lowest BCUT2D eigenvalue weighted by Gasteiger charge is -2.22. The molecule has 1 aliphatic rings. The molecule has 1 heterocycles. The first-order valence-electron chi connectivity index (χ1n) is 10.3. The average Bonchev–Trinajstić information content (AvgIpc) is 3.05. The van der Waals surface area contributed by atoms with Crippen LogP contribution in [0.15, 0.2) is 17.4 Å². The summed E-state index contributed by atoms with van der Waals surface area (Å²) in [5.74, 6) is 0.967. The van der Waals surface area contributed by atoms with Crippen LogP contribution in [0.3, 0.4) is 0 Å². The predicted octanol–water partition coefficient (Wildman–Crippen LogP) is 3.34. The van der Waals surface area contributed by atoms with Gasteiger partial charge >= 0.3 is 0 Å². The van der Waals surface area contributed by atoms with Gasteiger partial charge < -0.3 is 15.0 Å². The molecule has 26 heavy (non-hydrogen) atoms. The highest BCUT2D eigenvalue weighted by atomic mass is 16.5. The van der Waals surface area contributed by atoms with Gasteiger partial charge in [-0.15, -0.1) is 0 Å². The first-order chi connectivity index (χ1) is 12.7. The fraction of sp³-hybridized carbons (Fsp3) is 0.800. The highest BCUT2D eigenvalue weighted by Crippen LogP contribution is 2.20. The molecule has 1 aromatic rings. The Morgan fingerprint density at radius 1 is 1.31 bits per heavy atom. The van der Waals surface area contributed by atoms with E-state index in [2.05, 4.69) is 29.3 Å². The second kappa shape index (κ2) is 11.9. The van der Waals surface area contributed by atoms with Crippen molar-refractivity contribution in [2.75, 3.05) is 26.7 Å². The van der Waals surface area contributed by atoms with Gasteiger partial charge in [-0.05, 0) is 39.0 Å². The molecule has 0 radical (unpaired) electrons. The molecule has 0 spiro atoms. The first-order valence-corrected chi connectivity index (χ1v) is 10.3. The van der Waals surface area contributed by atoms with Crippen LogP contribution in [-0.2, 0) is 18.3 Å². The highest BCUT2D eigenvalue weighted by Gasteiger charge is 2.13. The van der Waals surface area contributed by atoms with Crippen molar-refractivity contribution >= 4 is 5.96 Å². The van der Waals surface area contributed by atoms with Gasteiger partial charge in [0.2, 0.25) is 0 Å². The van der Waals surface area contributed by atoms with E-state index in [4.69, 9.17) is 9.73 Å². The molecule has 0 aromatic carbocycles. The molecule has 0 aliphatic heterocycles. The van der Waals surface area contributed by atoms with Gasteiger partial charge in [-0.2, -0.15) is 5.10 Å². The standard InChI is InChI=1S/C20H37N5O/c1-4-21-20(24(2)16-18-15-23-25(3)17-18)22-13-9-6-10-14-26-19-11-7-5-8-12-19/h15,17,19H,4-14,16H2,1-3H3,(H,21,22). The lowest BCUT2D eigenvalue weighted by atomic mass is 9.98. The van der Waals surface area contributed by atoms with Crippen LogP contribution in [0, 0.1) is 0 Å².